The van der Waals surface area contributed by atoms with Gasteiger partial charge in [-0.25, -0.2) is 9.37 Å². The van der Waals surface area contributed by atoms with Crippen molar-refractivity contribution in [3.63, 3.8) is 0 Å². The Hall–Kier alpha value is -1.48. The van der Waals surface area contributed by atoms with Crippen molar-refractivity contribution < 1.29 is 9.13 Å². The van der Waals surface area contributed by atoms with Gasteiger partial charge in [0.2, 0.25) is 5.88 Å². The van der Waals surface area contributed by atoms with Gasteiger partial charge in [0, 0.05) is 15.8 Å². The van der Waals surface area contributed by atoms with Crippen LogP contribution in [0.4, 0.5) is 4.39 Å². The zero-order valence-corrected chi connectivity index (χ0v) is 16.1. The first kappa shape index (κ1) is 17.0. The number of fused-ring (bicyclic) bond motifs is 1. The highest BCUT2D eigenvalue weighted by Crippen LogP contribution is 2.33. The van der Waals surface area contributed by atoms with Crippen LogP contribution in [0.2, 0.25) is 5.15 Å². The van der Waals surface area contributed by atoms with Gasteiger partial charge in [-0.05, 0) is 54.3 Å². The predicted molar refractivity (Wildman–Crippen MR) is 101 cm³/mol. The second kappa shape index (κ2) is 7.03. The fourth-order valence-electron chi connectivity index (χ4n) is 3.23. The predicted octanol–water partition coefficient (Wildman–Crippen LogP) is 4.79. The van der Waals surface area contributed by atoms with E-state index in [9.17, 15) is 4.39 Å². The number of ether oxygens (including phenoxy) is 1. The maximum absolute atomic E-state index is 13.1. The summed E-state index contributed by atoms with van der Waals surface area (Å²) in [5, 5.41) is 5.31. The van der Waals surface area contributed by atoms with Gasteiger partial charge in [0.1, 0.15) is 11.3 Å². The first-order valence-corrected chi connectivity index (χ1v) is 9.52. The Morgan fingerprint density at radius 1 is 1.20 bits per heavy atom. The van der Waals surface area contributed by atoms with E-state index in [1.54, 1.807) is 16.9 Å². The molecule has 8 heteroatoms. The number of hydrogen-bond acceptors (Lipinski definition) is 4. The quantitative estimate of drug-likeness (QED) is 0.406. The fraction of sp³-hybridized carbons (Fsp3) is 0.353. The Morgan fingerprint density at radius 3 is 2.72 bits per heavy atom. The molecular weight excluding hydrogens is 458 g/mol. The summed E-state index contributed by atoms with van der Waals surface area (Å²) in [6, 6.07) is 3.96. The maximum atomic E-state index is 13.1. The average Bonchev–Trinajstić information content (AvgIpc) is 3.02. The van der Waals surface area contributed by atoms with Gasteiger partial charge >= 0.3 is 0 Å². The zero-order valence-electron chi connectivity index (χ0n) is 13.2. The Morgan fingerprint density at radius 2 is 2.00 bits per heavy atom. The van der Waals surface area contributed by atoms with E-state index < -0.39 is 0 Å². The highest BCUT2D eigenvalue weighted by Gasteiger charge is 2.25. The van der Waals surface area contributed by atoms with Crippen molar-refractivity contribution in [3.05, 3.63) is 45.3 Å². The van der Waals surface area contributed by atoms with Crippen LogP contribution in [0.25, 0.3) is 10.9 Å². The van der Waals surface area contributed by atoms with Crippen LogP contribution < -0.4 is 4.74 Å². The minimum absolute atomic E-state index is 0.0590. The molecule has 25 heavy (non-hydrogen) atoms. The summed E-state index contributed by atoms with van der Waals surface area (Å²) in [4.78, 5) is 8.74. The molecule has 0 unspecified atom stereocenters. The third kappa shape index (κ3) is 3.72. The second-order valence-electron chi connectivity index (χ2n) is 6.16. The lowest BCUT2D eigenvalue weighted by atomic mass is 9.93. The molecule has 0 aromatic carbocycles. The number of pyridine rings is 2. The molecule has 0 amide bonds. The van der Waals surface area contributed by atoms with E-state index in [1.165, 1.54) is 12.4 Å². The van der Waals surface area contributed by atoms with Gasteiger partial charge in [-0.1, -0.05) is 11.6 Å². The van der Waals surface area contributed by atoms with Crippen molar-refractivity contribution >= 4 is 45.1 Å². The molecule has 3 aromatic rings. The Bertz CT molecular complexity index is 911. The van der Waals surface area contributed by atoms with Crippen LogP contribution in [-0.2, 0) is 0 Å². The van der Waals surface area contributed by atoms with Gasteiger partial charge in [-0.2, -0.15) is 5.10 Å². The monoisotopic (exact) mass is 472 g/mol. The van der Waals surface area contributed by atoms with E-state index in [1.807, 2.05) is 6.07 Å². The van der Waals surface area contributed by atoms with Gasteiger partial charge in [0.15, 0.2) is 5.82 Å². The van der Waals surface area contributed by atoms with Crippen LogP contribution in [0.5, 0.6) is 5.88 Å². The molecule has 1 aliphatic rings. The molecule has 1 fully saturated rings. The molecule has 0 radical (unpaired) electrons. The summed E-state index contributed by atoms with van der Waals surface area (Å²) in [6.07, 6.45) is 8.05. The molecule has 0 N–H and O–H groups in total. The lowest BCUT2D eigenvalue weighted by Gasteiger charge is -2.29. The minimum Gasteiger partial charge on any atom is -0.474 e. The number of rotatable bonds is 3. The molecule has 0 saturated heterocycles. The molecule has 1 saturated carbocycles. The van der Waals surface area contributed by atoms with Crippen LogP contribution >= 0.6 is 34.2 Å². The summed E-state index contributed by atoms with van der Waals surface area (Å²) < 4.78 is 22.0. The molecule has 0 spiro atoms. The molecule has 5 nitrogen and oxygen atoms in total. The van der Waals surface area contributed by atoms with E-state index in [-0.39, 0.29) is 18.0 Å². The highest BCUT2D eigenvalue weighted by atomic mass is 127. The lowest BCUT2D eigenvalue weighted by molar-refractivity contribution is 0.126. The van der Waals surface area contributed by atoms with E-state index in [4.69, 9.17) is 16.3 Å². The van der Waals surface area contributed by atoms with E-state index in [2.05, 4.69) is 37.7 Å². The zero-order chi connectivity index (χ0) is 17.4. The normalized spacial score (nSPS) is 20.8. The molecule has 0 bridgehead atoms. The smallest absolute Gasteiger partial charge is 0.224 e. The van der Waals surface area contributed by atoms with Gasteiger partial charge in [-0.15, -0.1) is 0 Å². The molecule has 3 aromatic heterocycles. The molecule has 0 atom stereocenters. The highest BCUT2D eigenvalue weighted by molar-refractivity contribution is 14.1. The van der Waals surface area contributed by atoms with Crippen LogP contribution in [-0.4, -0.2) is 25.9 Å². The second-order valence-corrected chi connectivity index (χ2v) is 7.79. The van der Waals surface area contributed by atoms with Crippen LogP contribution in [0.1, 0.15) is 31.7 Å². The summed E-state index contributed by atoms with van der Waals surface area (Å²) >= 11 is 8.32. The lowest BCUT2D eigenvalue weighted by Crippen LogP contribution is -2.26. The van der Waals surface area contributed by atoms with Crippen molar-refractivity contribution in [2.75, 3.05) is 0 Å². The van der Waals surface area contributed by atoms with Crippen LogP contribution in [0, 0.1) is 9.39 Å². The number of aromatic nitrogens is 4. The number of hydrogen-bond donors (Lipinski definition) is 0. The minimum atomic E-state index is -0.296. The third-order valence-corrected chi connectivity index (χ3v) is 5.23. The Balaban J connectivity index is 1.50. The van der Waals surface area contributed by atoms with Gasteiger partial charge in [0.25, 0.3) is 0 Å². The molecule has 3 heterocycles. The third-order valence-electron chi connectivity index (χ3n) is 4.45. The Labute approximate surface area is 162 Å². The number of halogens is 3. The fourth-order valence-corrected chi connectivity index (χ4v) is 3.86. The summed E-state index contributed by atoms with van der Waals surface area (Å²) in [7, 11) is 0. The first-order chi connectivity index (χ1) is 12.1. The summed E-state index contributed by atoms with van der Waals surface area (Å²) in [6.45, 7) is 0. The van der Waals surface area contributed by atoms with Crippen molar-refractivity contribution in [1.82, 2.24) is 19.7 Å². The van der Waals surface area contributed by atoms with Crippen LogP contribution in [0.15, 0.2) is 30.7 Å². The van der Waals surface area contributed by atoms with Gasteiger partial charge < -0.3 is 4.74 Å². The van der Waals surface area contributed by atoms with Crippen molar-refractivity contribution in [3.8, 4) is 5.88 Å². The Kier molecular flexibility index (Phi) is 4.77. The molecular formula is C17H15ClFIN4O. The standard InChI is InChI=1S/C17H15ClFIN4O/c18-16-6-15-14(5-11(20)8-21-15)17(23-16)25-13-3-1-12(2-4-13)24-9-10(19)7-22-24/h5-9,12-13H,1-4H2. The van der Waals surface area contributed by atoms with Crippen molar-refractivity contribution in [2.24, 2.45) is 0 Å². The molecule has 0 aliphatic heterocycles. The van der Waals surface area contributed by atoms with E-state index in [0.717, 1.165) is 40.2 Å². The average molecular weight is 473 g/mol. The van der Waals surface area contributed by atoms with Crippen molar-refractivity contribution in [1.29, 1.82) is 0 Å². The van der Waals surface area contributed by atoms with Crippen LogP contribution in [0.3, 0.4) is 0 Å². The number of nitrogens with zero attached hydrogens (tertiary/aromatic N) is 4. The molecule has 4 rings (SSSR count). The topological polar surface area (TPSA) is 52.8 Å². The van der Waals surface area contributed by atoms with Gasteiger partial charge in [-0.3, -0.25) is 9.67 Å². The van der Waals surface area contributed by atoms with E-state index >= 15 is 0 Å². The molecule has 1 aliphatic carbocycles. The first-order valence-electron chi connectivity index (χ1n) is 8.06. The van der Waals surface area contributed by atoms with Gasteiger partial charge in [0.05, 0.1) is 29.3 Å². The largest absolute Gasteiger partial charge is 0.474 e. The molecule has 130 valence electrons. The van der Waals surface area contributed by atoms with Crippen molar-refractivity contribution in [2.45, 2.75) is 37.8 Å². The summed E-state index contributed by atoms with van der Waals surface area (Å²) in [5.41, 5.74) is 0.774. The maximum Gasteiger partial charge on any atom is 0.224 e. The SMILES string of the molecule is Fc1cnn(C2CCC(Oc3nc(Cl)cc4ncc(I)cc34)CC2)c1. The van der Waals surface area contributed by atoms with E-state index in [0.29, 0.717) is 11.0 Å². The summed E-state index contributed by atoms with van der Waals surface area (Å²) in [5.74, 6) is 0.233.